The number of carbonyl (C=O) groups excluding carboxylic acids is 1. The largest absolute Gasteiger partial charge is 0.378 e. The average molecular weight is 335 g/mol. The van der Waals surface area contributed by atoms with E-state index in [1.807, 2.05) is 23.1 Å². The first kappa shape index (κ1) is 15.8. The van der Waals surface area contributed by atoms with Crippen LogP contribution >= 0.6 is 0 Å². The molecule has 3 aliphatic heterocycles. The Labute approximate surface area is 140 Å². The molecule has 1 aromatic carbocycles. The van der Waals surface area contributed by atoms with Gasteiger partial charge in [-0.2, -0.15) is 0 Å². The van der Waals surface area contributed by atoms with E-state index in [-0.39, 0.29) is 30.7 Å². The van der Waals surface area contributed by atoms with Crippen LogP contribution in [0.1, 0.15) is 22.3 Å². The smallest absolute Gasteiger partial charge is 0.251 e. The maximum Gasteiger partial charge on any atom is 0.251 e. The number of morpholine rings is 1. The van der Waals surface area contributed by atoms with Crippen LogP contribution in [0.3, 0.4) is 0 Å². The van der Waals surface area contributed by atoms with Crippen molar-refractivity contribution in [2.75, 3.05) is 31.3 Å². The van der Waals surface area contributed by atoms with Gasteiger partial charge in [-0.3, -0.25) is 4.79 Å². The number of benzene rings is 1. The van der Waals surface area contributed by atoms with Gasteiger partial charge in [0.25, 0.3) is 5.91 Å². The van der Waals surface area contributed by atoms with Crippen molar-refractivity contribution in [2.24, 2.45) is 11.7 Å². The van der Waals surface area contributed by atoms with Gasteiger partial charge in [0, 0.05) is 36.9 Å². The summed E-state index contributed by atoms with van der Waals surface area (Å²) in [5, 5.41) is 2.82. The van der Waals surface area contributed by atoms with E-state index in [9.17, 15) is 9.18 Å². The zero-order valence-electron chi connectivity index (χ0n) is 13.4. The maximum atomic E-state index is 14.2. The van der Waals surface area contributed by atoms with E-state index in [1.165, 1.54) is 0 Å². The van der Waals surface area contributed by atoms with Crippen LogP contribution in [-0.4, -0.2) is 50.7 Å². The molecule has 3 N–H and O–H groups in total. The number of nitrogens with one attached hydrogen (secondary N) is 1. The number of halogens is 1. The Morgan fingerprint density at radius 2 is 2.21 bits per heavy atom. The second-order valence-corrected chi connectivity index (χ2v) is 6.66. The summed E-state index contributed by atoms with van der Waals surface area (Å²) in [5.41, 5.74) is 8.77. The molecule has 0 radical (unpaired) electrons. The minimum Gasteiger partial charge on any atom is -0.378 e. The number of amides is 1. The van der Waals surface area contributed by atoms with Gasteiger partial charge in [-0.05, 0) is 24.1 Å². The van der Waals surface area contributed by atoms with Crippen LogP contribution in [-0.2, 0) is 16.0 Å². The van der Waals surface area contributed by atoms with E-state index in [4.69, 9.17) is 15.2 Å². The molecule has 3 heterocycles. The fourth-order valence-electron chi connectivity index (χ4n) is 3.77. The Morgan fingerprint density at radius 3 is 3.04 bits per heavy atom. The first-order chi connectivity index (χ1) is 11.6. The standard InChI is InChI=1S/C17H22FN3O3/c18-14-8-23-4-3-12(14)15-7-21(16(19)9-24-15)11-2-1-10-6-20-17(22)13(10)5-11/h1-2,5,12,14-16H,3-4,6-9,19H2,(H,20,22). The van der Waals surface area contributed by atoms with Gasteiger partial charge in [0.2, 0.25) is 0 Å². The van der Waals surface area contributed by atoms with E-state index >= 15 is 0 Å². The van der Waals surface area contributed by atoms with Crippen molar-refractivity contribution in [1.82, 2.24) is 5.32 Å². The number of ether oxygens (including phenoxy) is 2. The summed E-state index contributed by atoms with van der Waals surface area (Å²) in [6.07, 6.45) is -0.875. The van der Waals surface area contributed by atoms with Crippen molar-refractivity contribution in [3.8, 4) is 0 Å². The number of hydrogen-bond donors (Lipinski definition) is 2. The van der Waals surface area contributed by atoms with E-state index in [1.54, 1.807) is 0 Å². The molecule has 7 heteroatoms. The van der Waals surface area contributed by atoms with Gasteiger partial charge < -0.3 is 25.4 Å². The average Bonchev–Trinajstić information content (AvgIpc) is 2.97. The molecule has 6 nitrogen and oxygen atoms in total. The Bertz CT molecular complexity index is 642. The minimum absolute atomic E-state index is 0.0570. The van der Waals surface area contributed by atoms with Crippen molar-refractivity contribution in [2.45, 2.75) is 31.4 Å². The van der Waals surface area contributed by atoms with Crippen LogP contribution in [0.5, 0.6) is 0 Å². The Morgan fingerprint density at radius 1 is 1.33 bits per heavy atom. The molecule has 2 fully saturated rings. The summed E-state index contributed by atoms with van der Waals surface area (Å²) < 4.78 is 25.2. The summed E-state index contributed by atoms with van der Waals surface area (Å²) >= 11 is 0. The van der Waals surface area contributed by atoms with Gasteiger partial charge in [-0.1, -0.05) is 6.07 Å². The molecule has 2 saturated heterocycles. The van der Waals surface area contributed by atoms with Crippen molar-refractivity contribution in [3.63, 3.8) is 0 Å². The molecule has 4 rings (SSSR count). The molecule has 4 unspecified atom stereocenters. The molecule has 1 aromatic rings. The highest BCUT2D eigenvalue weighted by Crippen LogP contribution is 2.31. The van der Waals surface area contributed by atoms with Gasteiger partial charge >= 0.3 is 0 Å². The second-order valence-electron chi connectivity index (χ2n) is 6.66. The van der Waals surface area contributed by atoms with Crippen molar-refractivity contribution >= 4 is 11.6 Å². The number of rotatable bonds is 2. The molecule has 3 aliphatic rings. The van der Waals surface area contributed by atoms with Gasteiger partial charge in [0.05, 0.1) is 19.3 Å². The molecule has 0 saturated carbocycles. The monoisotopic (exact) mass is 335 g/mol. The van der Waals surface area contributed by atoms with E-state index in [2.05, 4.69) is 5.32 Å². The molecule has 0 spiro atoms. The fourth-order valence-corrected chi connectivity index (χ4v) is 3.77. The highest BCUT2D eigenvalue weighted by molar-refractivity contribution is 5.99. The SMILES string of the molecule is NC1COC(C2CCOCC2F)CN1c1ccc2c(c1)C(=O)NC2. The first-order valence-electron chi connectivity index (χ1n) is 8.40. The van der Waals surface area contributed by atoms with Gasteiger partial charge in [0.1, 0.15) is 12.3 Å². The minimum atomic E-state index is -1.01. The molecule has 130 valence electrons. The molecular weight excluding hydrogens is 313 g/mol. The van der Waals surface area contributed by atoms with Crippen LogP contribution in [0.25, 0.3) is 0 Å². The number of carbonyl (C=O) groups is 1. The lowest BCUT2D eigenvalue weighted by Crippen LogP contribution is -2.57. The fraction of sp³-hybridized carbons (Fsp3) is 0.588. The number of fused-ring (bicyclic) bond motifs is 1. The van der Waals surface area contributed by atoms with E-state index < -0.39 is 6.17 Å². The summed E-state index contributed by atoms with van der Waals surface area (Å²) in [7, 11) is 0. The van der Waals surface area contributed by atoms with Crippen molar-refractivity contribution < 1.29 is 18.7 Å². The number of alkyl halides is 1. The topological polar surface area (TPSA) is 76.8 Å². The van der Waals surface area contributed by atoms with Crippen LogP contribution in [0.2, 0.25) is 0 Å². The van der Waals surface area contributed by atoms with Gasteiger partial charge in [-0.25, -0.2) is 4.39 Å². The van der Waals surface area contributed by atoms with Crippen LogP contribution in [0.4, 0.5) is 10.1 Å². The van der Waals surface area contributed by atoms with Crippen LogP contribution in [0, 0.1) is 5.92 Å². The Kier molecular flexibility index (Phi) is 4.15. The third-order valence-corrected chi connectivity index (χ3v) is 5.18. The number of nitrogens with two attached hydrogens (primary N) is 1. The molecular formula is C17H22FN3O3. The summed E-state index contributed by atoms with van der Waals surface area (Å²) in [6, 6.07) is 5.79. The van der Waals surface area contributed by atoms with E-state index in [0.29, 0.717) is 38.3 Å². The molecule has 0 bridgehead atoms. The molecule has 0 aromatic heterocycles. The number of anilines is 1. The predicted octanol–water partition coefficient (Wildman–Crippen LogP) is 0.795. The zero-order valence-corrected chi connectivity index (χ0v) is 13.4. The quantitative estimate of drug-likeness (QED) is 0.836. The van der Waals surface area contributed by atoms with E-state index in [0.717, 1.165) is 11.3 Å². The van der Waals surface area contributed by atoms with Crippen LogP contribution in [0.15, 0.2) is 18.2 Å². The lowest BCUT2D eigenvalue weighted by Gasteiger charge is -2.43. The summed E-state index contributed by atoms with van der Waals surface area (Å²) in [6.45, 7) is 2.13. The summed E-state index contributed by atoms with van der Waals surface area (Å²) in [4.78, 5) is 13.9. The number of nitrogens with zero attached hydrogens (tertiary/aromatic N) is 1. The van der Waals surface area contributed by atoms with Crippen molar-refractivity contribution in [1.29, 1.82) is 0 Å². The molecule has 1 amide bonds. The lowest BCUT2D eigenvalue weighted by molar-refractivity contribution is -0.0859. The normalized spacial score (nSPS) is 33.2. The Hall–Kier alpha value is -1.70. The van der Waals surface area contributed by atoms with Crippen LogP contribution < -0.4 is 16.0 Å². The third kappa shape index (κ3) is 2.76. The summed E-state index contributed by atoms with van der Waals surface area (Å²) in [5.74, 6) is -0.232. The zero-order chi connectivity index (χ0) is 16.7. The third-order valence-electron chi connectivity index (χ3n) is 5.18. The molecule has 0 aliphatic carbocycles. The molecule has 4 atom stereocenters. The van der Waals surface area contributed by atoms with Gasteiger partial charge in [-0.15, -0.1) is 0 Å². The highest BCUT2D eigenvalue weighted by atomic mass is 19.1. The number of hydrogen-bond acceptors (Lipinski definition) is 5. The predicted molar refractivity (Wildman–Crippen MR) is 86.5 cm³/mol. The van der Waals surface area contributed by atoms with Gasteiger partial charge in [0.15, 0.2) is 0 Å². The van der Waals surface area contributed by atoms with Crippen molar-refractivity contribution in [3.05, 3.63) is 29.3 Å². The first-order valence-corrected chi connectivity index (χ1v) is 8.40. The highest BCUT2D eigenvalue weighted by Gasteiger charge is 2.38. The Balaban J connectivity index is 1.55. The molecule has 24 heavy (non-hydrogen) atoms. The maximum absolute atomic E-state index is 14.2. The second kappa shape index (κ2) is 6.31. The lowest BCUT2D eigenvalue weighted by atomic mass is 9.90.